The molecule has 106 valence electrons. The smallest absolute Gasteiger partial charge is 0.340 e. The van der Waals surface area contributed by atoms with Gasteiger partial charge in [-0.1, -0.05) is 23.2 Å². The van der Waals surface area contributed by atoms with E-state index < -0.39 is 5.97 Å². The molecular weight excluding hydrogens is 301 g/mol. The van der Waals surface area contributed by atoms with Crippen molar-refractivity contribution in [3.63, 3.8) is 0 Å². The molecule has 0 saturated heterocycles. The van der Waals surface area contributed by atoms with Gasteiger partial charge in [-0.3, -0.25) is 4.68 Å². The second-order valence-electron chi connectivity index (χ2n) is 4.29. The molecule has 20 heavy (non-hydrogen) atoms. The van der Waals surface area contributed by atoms with Crippen LogP contribution in [0.25, 0.3) is 0 Å². The minimum Gasteiger partial charge on any atom is -0.455 e. The van der Waals surface area contributed by atoms with Crippen LogP contribution in [0.1, 0.15) is 21.7 Å². The van der Waals surface area contributed by atoms with E-state index in [-0.39, 0.29) is 17.2 Å². The van der Waals surface area contributed by atoms with Crippen LogP contribution in [0.4, 0.5) is 5.69 Å². The van der Waals surface area contributed by atoms with Gasteiger partial charge in [0.15, 0.2) is 0 Å². The predicted molar refractivity (Wildman–Crippen MR) is 77.9 cm³/mol. The Morgan fingerprint density at radius 2 is 2.15 bits per heavy atom. The predicted octanol–water partition coefficient (Wildman–Crippen LogP) is 2.97. The molecule has 5 nitrogen and oxygen atoms in total. The molecule has 1 aromatic heterocycles. The zero-order valence-corrected chi connectivity index (χ0v) is 12.5. The first-order valence-corrected chi connectivity index (χ1v) is 6.56. The van der Waals surface area contributed by atoms with E-state index in [0.717, 1.165) is 0 Å². The molecule has 1 heterocycles. The third-order valence-electron chi connectivity index (χ3n) is 2.81. The van der Waals surface area contributed by atoms with E-state index in [9.17, 15) is 4.79 Å². The number of nitrogens with two attached hydrogens (primary N) is 1. The van der Waals surface area contributed by atoms with Gasteiger partial charge in [-0.05, 0) is 25.1 Å². The monoisotopic (exact) mass is 313 g/mol. The Kier molecular flexibility index (Phi) is 4.20. The first-order valence-electron chi connectivity index (χ1n) is 5.80. The SMILES string of the molecule is Cc1nn(C)c(COC(=O)c2cc(N)ccc2Cl)c1Cl. The molecule has 0 amide bonds. The number of nitrogen functional groups attached to an aromatic ring is 1. The summed E-state index contributed by atoms with van der Waals surface area (Å²) < 4.78 is 6.78. The Balaban J connectivity index is 2.15. The number of ether oxygens (including phenoxy) is 1. The average Bonchev–Trinajstić information content (AvgIpc) is 2.64. The van der Waals surface area contributed by atoms with Crippen molar-refractivity contribution in [2.45, 2.75) is 13.5 Å². The number of aryl methyl sites for hydroxylation is 2. The Hall–Kier alpha value is -1.72. The number of hydrogen-bond donors (Lipinski definition) is 1. The fraction of sp³-hybridized carbons (Fsp3) is 0.231. The van der Waals surface area contributed by atoms with Crippen molar-refractivity contribution >= 4 is 34.9 Å². The Labute approximate surface area is 126 Å². The number of aromatic nitrogens is 2. The average molecular weight is 314 g/mol. The van der Waals surface area contributed by atoms with Gasteiger partial charge in [-0.2, -0.15) is 5.10 Å². The van der Waals surface area contributed by atoms with E-state index in [2.05, 4.69) is 5.10 Å². The largest absolute Gasteiger partial charge is 0.455 e. The first kappa shape index (κ1) is 14.7. The molecule has 2 aromatic rings. The topological polar surface area (TPSA) is 70.1 Å². The third-order valence-corrected chi connectivity index (χ3v) is 3.63. The van der Waals surface area contributed by atoms with Crippen molar-refractivity contribution in [2.75, 3.05) is 5.73 Å². The highest BCUT2D eigenvalue weighted by atomic mass is 35.5. The fourth-order valence-corrected chi connectivity index (χ4v) is 2.16. The van der Waals surface area contributed by atoms with Crippen molar-refractivity contribution in [1.29, 1.82) is 0 Å². The van der Waals surface area contributed by atoms with Crippen LogP contribution in [0.3, 0.4) is 0 Å². The van der Waals surface area contributed by atoms with Gasteiger partial charge in [0, 0.05) is 12.7 Å². The van der Waals surface area contributed by atoms with Crippen molar-refractivity contribution in [2.24, 2.45) is 7.05 Å². The Bertz CT molecular complexity index is 668. The van der Waals surface area contributed by atoms with Crippen molar-refractivity contribution in [3.8, 4) is 0 Å². The molecule has 0 radical (unpaired) electrons. The molecule has 7 heteroatoms. The highest BCUT2D eigenvalue weighted by Crippen LogP contribution is 2.23. The molecule has 0 spiro atoms. The lowest BCUT2D eigenvalue weighted by atomic mass is 10.2. The van der Waals surface area contributed by atoms with E-state index in [1.807, 2.05) is 0 Å². The van der Waals surface area contributed by atoms with Crippen molar-refractivity contribution in [1.82, 2.24) is 9.78 Å². The number of nitrogens with zero attached hydrogens (tertiary/aromatic N) is 2. The summed E-state index contributed by atoms with van der Waals surface area (Å²) in [6.07, 6.45) is 0. The minimum absolute atomic E-state index is 0.0140. The molecule has 0 aliphatic rings. The van der Waals surface area contributed by atoms with Gasteiger partial charge in [0.1, 0.15) is 6.61 Å². The van der Waals surface area contributed by atoms with Crippen molar-refractivity contribution < 1.29 is 9.53 Å². The molecule has 2 rings (SSSR count). The van der Waals surface area contributed by atoms with Gasteiger partial charge in [-0.15, -0.1) is 0 Å². The highest BCUT2D eigenvalue weighted by Gasteiger charge is 2.16. The van der Waals surface area contributed by atoms with E-state index in [0.29, 0.717) is 22.1 Å². The number of rotatable bonds is 3. The summed E-state index contributed by atoms with van der Waals surface area (Å²) in [6.45, 7) is 1.79. The molecule has 0 aliphatic heterocycles. The minimum atomic E-state index is -0.558. The number of carbonyl (C=O) groups is 1. The number of benzene rings is 1. The molecule has 0 saturated carbocycles. The number of hydrogen-bond acceptors (Lipinski definition) is 4. The molecule has 2 N–H and O–H groups in total. The maximum absolute atomic E-state index is 12.0. The van der Waals surface area contributed by atoms with Crippen LogP contribution in [0.2, 0.25) is 10.0 Å². The summed E-state index contributed by atoms with van der Waals surface area (Å²) >= 11 is 12.0. The lowest BCUT2D eigenvalue weighted by molar-refractivity contribution is 0.0464. The maximum Gasteiger partial charge on any atom is 0.340 e. The van der Waals surface area contributed by atoms with Gasteiger partial charge in [-0.25, -0.2) is 4.79 Å². The maximum atomic E-state index is 12.0. The second kappa shape index (κ2) is 5.73. The molecule has 0 aliphatic carbocycles. The van der Waals surface area contributed by atoms with E-state index in [1.54, 1.807) is 30.8 Å². The normalized spacial score (nSPS) is 10.6. The van der Waals surface area contributed by atoms with Crippen LogP contribution in [-0.4, -0.2) is 15.7 Å². The van der Waals surface area contributed by atoms with E-state index >= 15 is 0 Å². The molecule has 0 unspecified atom stereocenters. The van der Waals surface area contributed by atoms with Crippen LogP contribution in [0.5, 0.6) is 0 Å². The van der Waals surface area contributed by atoms with E-state index in [1.165, 1.54) is 6.07 Å². The van der Waals surface area contributed by atoms with Crippen molar-refractivity contribution in [3.05, 3.63) is 45.2 Å². The Morgan fingerprint density at radius 1 is 1.45 bits per heavy atom. The molecule has 0 atom stereocenters. The number of halogens is 2. The second-order valence-corrected chi connectivity index (χ2v) is 5.07. The first-order chi connectivity index (χ1) is 9.40. The van der Waals surface area contributed by atoms with Crippen LogP contribution < -0.4 is 5.73 Å². The molecule has 0 fully saturated rings. The summed E-state index contributed by atoms with van der Waals surface area (Å²) in [5.74, 6) is -0.558. The summed E-state index contributed by atoms with van der Waals surface area (Å²) in [5.41, 5.74) is 7.59. The summed E-state index contributed by atoms with van der Waals surface area (Å²) in [4.78, 5) is 12.0. The Morgan fingerprint density at radius 3 is 2.75 bits per heavy atom. The lowest BCUT2D eigenvalue weighted by Gasteiger charge is -2.07. The molecular formula is C13H13Cl2N3O2. The van der Waals surface area contributed by atoms with Crippen LogP contribution in [0.15, 0.2) is 18.2 Å². The standard InChI is InChI=1S/C13H13Cl2N3O2/c1-7-12(15)11(18(2)17-7)6-20-13(19)9-5-8(16)3-4-10(9)14/h3-5H,6,16H2,1-2H3. The number of anilines is 1. The van der Waals surface area contributed by atoms with Gasteiger partial charge in [0.2, 0.25) is 0 Å². The van der Waals surface area contributed by atoms with Gasteiger partial charge in [0.05, 0.1) is 27.0 Å². The number of esters is 1. The van der Waals surface area contributed by atoms with E-state index in [4.69, 9.17) is 33.7 Å². The summed E-state index contributed by atoms with van der Waals surface area (Å²) in [5, 5.41) is 4.91. The molecule has 1 aromatic carbocycles. The van der Waals surface area contributed by atoms with Crippen LogP contribution in [0, 0.1) is 6.92 Å². The lowest BCUT2D eigenvalue weighted by Crippen LogP contribution is -2.09. The summed E-state index contributed by atoms with van der Waals surface area (Å²) in [6, 6.07) is 4.63. The fourth-order valence-electron chi connectivity index (χ4n) is 1.75. The van der Waals surface area contributed by atoms with Gasteiger partial charge >= 0.3 is 5.97 Å². The highest BCUT2D eigenvalue weighted by molar-refractivity contribution is 6.33. The zero-order valence-electron chi connectivity index (χ0n) is 11.0. The third kappa shape index (κ3) is 2.89. The van der Waals surface area contributed by atoms with Crippen LogP contribution in [-0.2, 0) is 18.4 Å². The quantitative estimate of drug-likeness (QED) is 0.698. The van der Waals surface area contributed by atoms with Gasteiger partial charge < -0.3 is 10.5 Å². The van der Waals surface area contributed by atoms with Gasteiger partial charge in [0.25, 0.3) is 0 Å². The number of carbonyl (C=O) groups excluding carboxylic acids is 1. The summed E-state index contributed by atoms with van der Waals surface area (Å²) in [7, 11) is 1.73. The van der Waals surface area contributed by atoms with Crippen LogP contribution >= 0.6 is 23.2 Å². The zero-order chi connectivity index (χ0) is 14.9. The molecule has 0 bridgehead atoms.